The highest BCUT2D eigenvalue weighted by atomic mass is 16.7. The van der Waals surface area contributed by atoms with E-state index in [0.717, 1.165) is 58.6 Å². The van der Waals surface area contributed by atoms with E-state index in [4.69, 9.17) is 28.4 Å². The summed E-state index contributed by atoms with van der Waals surface area (Å²) in [6.07, 6.45) is 7.23. The Labute approximate surface area is 267 Å². The molecule has 0 aliphatic carbocycles. The van der Waals surface area contributed by atoms with Crippen molar-refractivity contribution in [3.8, 4) is 11.5 Å². The zero-order valence-corrected chi connectivity index (χ0v) is 27.3. The molecule has 1 aliphatic rings. The van der Waals surface area contributed by atoms with Gasteiger partial charge in [0.1, 0.15) is 23.2 Å². The number of benzene rings is 3. The minimum absolute atomic E-state index is 0.0381. The molecule has 3 aromatic rings. The number of hydrogen-bond donors (Lipinski definition) is 0. The van der Waals surface area contributed by atoms with Gasteiger partial charge in [-0.3, -0.25) is 4.79 Å². The molecule has 0 aromatic heterocycles. The summed E-state index contributed by atoms with van der Waals surface area (Å²) in [5, 5.41) is 0. The molecule has 0 unspecified atom stereocenters. The van der Waals surface area contributed by atoms with Crippen LogP contribution in [0.5, 0.6) is 11.5 Å². The maximum Gasteiger partial charge on any atom is 0.311 e. The lowest BCUT2D eigenvalue weighted by Gasteiger charge is -2.39. The van der Waals surface area contributed by atoms with E-state index >= 15 is 0 Å². The molecular formula is C38H46O7. The molecule has 7 heteroatoms. The van der Waals surface area contributed by atoms with Gasteiger partial charge in [0.15, 0.2) is 5.79 Å². The van der Waals surface area contributed by atoms with Gasteiger partial charge in [-0.25, -0.2) is 0 Å². The van der Waals surface area contributed by atoms with E-state index in [2.05, 4.69) is 62.4 Å². The van der Waals surface area contributed by atoms with Crippen LogP contribution in [0.25, 0.3) is 0 Å². The number of esters is 1. The van der Waals surface area contributed by atoms with Gasteiger partial charge in [-0.1, -0.05) is 66.7 Å². The standard InChI is InChI=1S/C38H46O7/c1-28(36-29(2)24-25-37(43-6,45-36)27-35(39)42-5)13-9-8-12-26-44-38(30-14-10-7-11-15-30,31-16-20-33(40-3)21-17-31)32-18-22-34(41-4)23-19-32/h7,10-11,13-24,36H,8-9,12,25-27H2,1-6H3/b28-13+/t36-,37-/m1/s1. The number of carbonyl (C=O) groups excluding carboxylic acids is 1. The summed E-state index contributed by atoms with van der Waals surface area (Å²) >= 11 is 0. The molecule has 2 atom stereocenters. The molecule has 0 fully saturated rings. The quantitative estimate of drug-likeness (QED) is 0.0750. The Morgan fingerprint density at radius 1 is 0.867 bits per heavy atom. The molecule has 0 bridgehead atoms. The molecule has 0 N–H and O–H groups in total. The maximum absolute atomic E-state index is 12.0. The minimum atomic E-state index is -1.02. The molecule has 3 aromatic carbocycles. The van der Waals surface area contributed by atoms with Crippen molar-refractivity contribution in [2.24, 2.45) is 0 Å². The zero-order chi connectivity index (χ0) is 32.3. The van der Waals surface area contributed by atoms with Crippen LogP contribution in [-0.4, -0.2) is 52.9 Å². The highest BCUT2D eigenvalue weighted by Gasteiger charge is 2.40. The smallest absolute Gasteiger partial charge is 0.311 e. The molecule has 4 rings (SSSR count). The van der Waals surface area contributed by atoms with Gasteiger partial charge in [0, 0.05) is 20.1 Å². The minimum Gasteiger partial charge on any atom is -0.497 e. The molecule has 0 amide bonds. The lowest BCUT2D eigenvalue weighted by molar-refractivity contribution is -0.242. The van der Waals surface area contributed by atoms with Gasteiger partial charge >= 0.3 is 5.97 Å². The van der Waals surface area contributed by atoms with E-state index in [-0.39, 0.29) is 18.5 Å². The first-order valence-electron chi connectivity index (χ1n) is 15.4. The second-order valence-electron chi connectivity index (χ2n) is 11.3. The molecule has 0 spiro atoms. The predicted octanol–water partition coefficient (Wildman–Crippen LogP) is 7.77. The van der Waals surface area contributed by atoms with E-state index in [0.29, 0.717) is 13.0 Å². The average Bonchev–Trinajstić information content (AvgIpc) is 3.09. The van der Waals surface area contributed by atoms with Crippen LogP contribution in [0.15, 0.2) is 102 Å². The van der Waals surface area contributed by atoms with Gasteiger partial charge < -0.3 is 28.4 Å². The number of methoxy groups -OCH3 is 4. The van der Waals surface area contributed by atoms with Crippen molar-refractivity contribution in [1.82, 2.24) is 0 Å². The Morgan fingerprint density at radius 3 is 1.98 bits per heavy atom. The molecule has 0 saturated carbocycles. The monoisotopic (exact) mass is 614 g/mol. The van der Waals surface area contributed by atoms with Crippen molar-refractivity contribution in [1.29, 1.82) is 0 Å². The summed E-state index contributed by atoms with van der Waals surface area (Å²) in [6.45, 7) is 4.66. The maximum atomic E-state index is 12.0. The second kappa shape index (κ2) is 15.9. The summed E-state index contributed by atoms with van der Waals surface area (Å²) in [7, 11) is 6.29. The van der Waals surface area contributed by atoms with E-state index in [1.165, 1.54) is 7.11 Å². The summed E-state index contributed by atoms with van der Waals surface area (Å²) in [5.41, 5.74) is 4.44. The van der Waals surface area contributed by atoms with Crippen LogP contribution < -0.4 is 9.47 Å². The van der Waals surface area contributed by atoms with Gasteiger partial charge in [0.05, 0.1) is 27.8 Å². The lowest BCUT2D eigenvalue weighted by atomic mass is 9.80. The SMILES string of the molecule is COC(=O)C[C@@]1(OC)CC=C(C)[C@@H](/C(C)=C/CCCCOC(c2ccccc2)(c2ccc(OC)cc2)c2ccc(OC)cc2)O1. The Bertz CT molecular complexity index is 1380. The molecule has 0 saturated heterocycles. The number of unbranched alkanes of at least 4 members (excludes halogenated alkanes) is 2. The van der Waals surface area contributed by atoms with Gasteiger partial charge in [0.2, 0.25) is 0 Å². The van der Waals surface area contributed by atoms with E-state index in [1.54, 1.807) is 21.3 Å². The van der Waals surface area contributed by atoms with Crippen molar-refractivity contribution in [2.75, 3.05) is 35.0 Å². The topological polar surface area (TPSA) is 72.5 Å². The van der Waals surface area contributed by atoms with Gasteiger partial charge in [-0.05, 0) is 85.2 Å². The largest absolute Gasteiger partial charge is 0.497 e. The Morgan fingerprint density at radius 2 is 1.44 bits per heavy atom. The number of carbonyl (C=O) groups is 1. The van der Waals surface area contributed by atoms with Crippen LogP contribution in [0.3, 0.4) is 0 Å². The summed E-state index contributed by atoms with van der Waals surface area (Å²) in [4.78, 5) is 12.0. The third-order valence-electron chi connectivity index (χ3n) is 8.46. The zero-order valence-electron chi connectivity index (χ0n) is 27.3. The molecule has 0 radical (unpaired) electrons. The van der Waals surface area contributed by atoms with Gasteiger partial charge in [-0.15, -0.1) is 0 Å². The van der Waals surface area contributed by atoms with Gasteiger partial charge in [-0.2, -0.15) is 0 Å². The highest BCUT2D eigenvalue weighted by molar-refractivity contribution is 5.70. The Hall–Kier alpha value is -3.91. The van der Waals surface area contributed by atoms with E-state index < -0.39 is 11.4 Å². The molecule has 1 aliphatic heterocycles. The third-order valence-corrected chi connectivity index (χ3v) is 8.46. The first-order valence-corrected chi connectivity index (χ1v) is 15.4. The predicted molar refractivity (Wildman–Crippen MR) is 175 cm³/mol. The van der Waals surface area contributed by atoms with Crippen molar-refractivity contribution in [3.63, 3.8) is 0 Å². The first kappa shape index (κ1) is 34.0. The molecular weight excluding hydrogens is 568 g/mol. The van der Waals surface area contributed by atoms with Crippen molar-refractivity contribution in [2.45, 2.75) is 63.4 Å². The molecule has 1 heterocycles. The molecule has 7 nitrogen and oxygen atoms in total. The normalized spacial score (nSPS) is 18.7. The first-order chi connectivity index (χ1) is 21.8. The Balaban J connectivity index is 1.50. The number of ether oxygens (including phenoxy) is 6. The van der Waals surface area contributed by atoms with Crippen LogP contribution in [0, 0.1) is 0 Å². The van der Waals surface area contributed by atoms with Crippen LogP contribution in [0.1, 0.15) is 62.6 Å². The summed E-state index contributed by atoms with van der Waals surface area (Å²) in [6, 6.07) is 26.5. The van der Waals surface area contributed by atoms with Crippen LogP contribution in [0.2, 0.25) is 0 Å². The average molecular weight is 615 g/mol. The fourth-order valence-electron chi connectivity index (χ4n) is 5.82. The number of allylic oxidation sites excluding steroid dienone is 1. The summed E-state index contributed by atoms with van der Waals surface area (Å²) < 4.78 is 34.8. The molecule has 45 heavy (non-hydrogen) atoms. The number of rotatable bonds is 15. The lowest BCUT2D eigenvalue weighted by Crippen LogP contribution is -2.44. The fraction of sp³-hybridized carbons (Fsp3) is 0.395. The van der Waals surface area contributed by atoms with E-state index in [9.17, 15) is 4.79 Å². The van der Waals surface area contributed by atoms with Crippen molar-refractivity contribution >= 4 is 5.97 Å². The van der Waals surface area contributed by atoms with Crippen molar-refractivity contribution in [3.05, 3.63) is 119 Å². The van der Waals surface area contributed by atoms with E-state index in [1.807, 2.05) is 42.5 Å². The van der Waals surface area contributed by atoms with Gasteiger partial charge in [0.25, 0.3) is 0 Å². The van der Waals surface area contributed by atoms with Crippen molar-refractivity contribution < 1.29 is 33.2 Å². The number of hydrogen-bond acceptors (Lipinski definition) is 7. The van der Waals surface area contributed by atoms with Crippen LogP contribution in [0.4, 0.5) is 0 Å². The third kappa shape index (κ3) is 8.03. The second-order valence-corrected chi connectivity index (χ2v) is 11.3. The molecule has 240 valence electrons. The highest BCUT2D eigenvalue weighted by Crippen LogP contribution is 2.42. The Kier molecular flexibility index (Phi) is 12.0. The van der Waals surface area contributed by atoms with Crippen LogP contribution in [-0.2, 0) is 29.3 Å². The fourth-order valence-corrected chi connectivity index (χ4v) is 5.82. The van der Waals surface area contributed by atoms with Crippen LogP contribution >= 0.6 is 0 Å². The summed E-state index contributed by atoms with van der Waals surface area (Å²) in [5.74, 6) is 0.195.